The summed E-state index contributed by atoms with van der Waals surface area (Å²) in [6, 6.07) is 0. The Morgan fingerprint density at radius 3 is 1.00 bits per heavy atom. The predicted molar refractivity (Wildman–Crippen MR) is 288 cm³/mol. The number of carbonyl (C=O) groups excluding carboxylic acids is 3. The molecule has 380 valence electrons. The van der Waals surface area contributed by atoms with Crippen molar-refractivity contribution in [2.45, 2.75) is 245 Å². The highest BCUT2D eigenvalue weighted by atomic mass is 16.6. The van der Waals surface area contributed by atoms with E-state index in [0.29, 0.717) is 19.3 Å². The van der Waals surface area contributed by atoms with Crippen molar-refractivity contribution in [2.24, 2.45) is 0 Å². The molecule has 0 saturated carbocycles. The van der Waals surface area contributed by atoms with E-state index in [4.69, 9.17) is 14.2 Å². The minimum Gasteiger partial charge on any atom is -0.462 e. The maximum absolute atomic E-state index is 12.8. The standard InChI is InChI=1S/C61H100O6/c1-4-7-10-13-16-19-22-25-28-30-33-36-39-42-45-48-51-54-60(63)66-57-58(56-65-59(62)53-50-47-44-41-38-35-32-27-24-21-18-15-12-9-6-3)67-61(64)55-52-49-46-43-40-37-34-31-29-26-23-20-17-14-11-8-5-2/h7,10,16-17,19-21,24-26,28-29,33-34,36-37,43,46,58H,4-6,8-9,11-15,18,22-23,27,30-32,35,38-42,44-45,47-57H2,1-3H3/b10-7-,19-16-,20-17-,24-21-,28-25-,29-26-,36-33-,37-34-,46-43-/t58-/m0/s1. The fraction of sp³-hybridized carbons (Fsp3) is 0.656. The molecular formula is C61H100O6. The molecule has 0 fully saturated rings. The van der Waals surface area contributed by atoms with Crippen LogP contribution < -0.4 is 0 Å². The van der Waals surface area contributed by atoms with Gasteiger partial charge in [0.2, 0.25) is 0 Å². The van der Waals surface area contributed by atoms with Gasteiger partial charge in [-0.15, -0.1) is 0 Å². The fourth-order valence-electron chi connectivity index (χ4n) is 7.13. The van der Waals surface area contributed by atoms with Gasteiger partial charge in [-0.3, -0.25) is 14.4 Å². The number of hydrogen-bond donors (Lipinski definition) is 0. The van der Waals surface area contributed by atoms with Crippen LogP contribution in [0.25, 0.3) is 0 Å². The van der Waals surface area contributed by atoms with Gasteiger partial charge in [0.15, 0.2) is 6.10 Å². The second-order valence-corrected chi connectivity index (χ2v) is 17.7. The lowest BCUT2D eigenvalue weighted by Crippen LogP contribution is -2.30. The molecule has 0 aromatic heterocycles. The highest BCUT2D eigenvalue weighted by Crippen LogP contribution is 2.13. The fourth-order valence-corrected chi connectivity index (χ4v) is 7.13. The zero-order valence-electron chi connectivity index (χ0n) is 43.4. The molecule has 6 nitrogen and oxygen atoms in total. The Labute approximate surface area is 412 Å². The summed E-state index contributed by atoms with van der Waals surface area (Å²) in [7, 11) is 0. The summed E-state index contributed by atoms with van der Waals surface area (Å²) in [4.78, 5) is 38.1. The number of allylic oxidation sites excluding steroid dienone is 18. The molecule has 0 saturated heterocycles. The van der Waals surface area contributed by atoms with Crippen molar-refractivity contribution in [3.8, 4) is 0 Å². The summed E-state index contributed by atoms with van der Waals surface area (Å²) < 4.78 is 16.8. The Morgan fingerprint density at radius 1 is 0.313 bits per heavy atom. The van der Waals surface area contributed by atoms with Gasteiger partial charge < -0.3 is 14.2 Å². The van der Waals surface area contributed by atoms with Crippen LogP contribution in [0.2, 0.25) is 0 Å². The molecule has 1 atom stereocenters. The number of hydrogen-bond acceptors (Lipinski definition) is 6. The average Bonchev–Trinajstić information content (AvgIpc) is 3.33. The molecule has 0 aliphatic heterocycles. The lowest BCUT2D eigenvalue weighted by atomic mass is 10.1. The molecule has 6 heteroatoms. The van der Waals surface area contributed by atoms with E-state index in [1.807, 2.05) is 0 Å². The van der Waals surface area contributed by atoms with Gasteiger partial charge in [0.25, 0.3) is 0 Å². The molecule has 0 aliphatic rings. The monoisotopic (exact) mass is 929 g/mol. The number of carbonyl (C=O) groups is 3. The number of esters is 3. The summed E-state index contributed by atoms with van der Waals surface area (Å²) in [5, 5.41) is 0. The van der Waals surface area contributed by atoms with E-state index in [1.165, 1.54) is 89.9 Å². The Kier molecular flexibility index (Phi) is 51.5. The molecule has 0 bridgehead atoms. The molecular weight excluding hydrogens is 829 g/mol. The highest BCUT2D eigenvalue weighted by molar-refractivity contribution is 5.71. The Morgan fingerprint density at radius 2 is 0.597 bits per heavy atom. The topological polar surface area (TPSA) is 78.9 Å². The van der Waals surface area contributed by atoms with Gasteiger partial charge in [0.1, 0.15) is 13.2 Å². The zero-order valence-corrected chi connectivity index (χ0v) is 43.4. The van der Waals surface area contributed by atoms with Crippen LogP contribution in [0.5, 0.6) is 0 Å². The van der Waals surface area contributed by atoms with E-state index in [0.717, 1.165) is 103 Å². The summed E-state index contributed by atoms with van der Waals surface area (Å²) in [5.74, 6) is -1.000. The van der Waals surface area contributed by atoms with Crippen molar-refractivity contribution in [2.75, 3.05) is 13.2 Å². The number of unbranched alkanes of at least 4 members (excludes halogenated alkanes) is 19. The van der Waals surface area contributed by atoms with Gasteiger partial charge in [-0.25, -0.2) is 0 Å². The summed E-state index contributed by atoms with van der Waals surface area (Å²) in [5.41, 5.74) is 0. The second kappa shape index (κ2) is 54.7. The van der Waals surface area contributed by atoms with Gasteiger partial charge in [-0.2, -0.15) is 0 Å². The largest absolute Gasteiger partial charge is 0.462 e. The van der Waals surface area contributed by atoms with Gasteiger partial charge >= 0.3 is 17.9 Å². The third-order valence-corrected chi connectivity index (χ3v) is 11.2. The number of rotatable bonds is 48. The van der Waals surface area contributed by atoms with Crippen LogP contribution in [-0.2, 0) is 28.6 Å². The molecule has 0 amide bonds. The molecule has 67 heavy (non-hydrogen) atoms. The first-order valence-electron chi connectivity index (χ1n) is 27.4. The number of ether oxygens (including phenoxy) is 3. The molecule has 0 aliphatic carbocycles. The third-order valence-electron chi connectivity index (χ3n) is 11.2. The first kappa shape index (κ1) is 63.1. The first-order chi connectivity index (χ1) is 33.0. The summed E-state index contributed by atoms with van der Waals surface area (Å²) in [6.07, 6.45) is 73.6. The quantitative estimate of drug-likeness (QED) is 0.0262. The molecule has 0 unspecified atom stereocenters. The normalized spacial score (nSPS) is 12.9. The van der Waals surface area contributed by atoms with Crippen LogP contribution in [0.4, 0.5) is 0 Å². The van der Waals surface area contributed by atoms with Gasteiger partial charge in [0, 0.05) is 19.3 Å². The van der Waals surface area contributed by atoms with E-state index in [2.05, 4.69) is 130 Å². The molecule has 0 heterocycles. The summed E-state index contributed by atoms with van der Waals surface area (Å²) >= 11 is 0. The maximum atomic E-state index is 12.8. The van der Waals surface area contributed by atoms with Gasteiger partial charge in [-0.1, -0.05) is 207 Å². The molecule has 0 aromatic carbocycles. The van der Waals surface area contributed by atoms with Gasteiger partial charge in [-0.05, 0) is 122 Å². The highest BCUT2D eigenvalue weighted by Gasteiger charge is 2.19. The van der Waals surface area contributed by atoms with Crippen molar-refractivity contribution in [1.82, 2.24) is 0 Å². The molecule has 0 spiro atoms. The minimum atomic E-state index is -0.820. The van der Waals surface area contributed by atoms with E-state index in [1.54, 1.807) is 0 Å². The Balaban J connectivity index is 4.54. The van der Waals surface area contributed by atoms with Crippen molar-refractivity contribution in [3.05, 3.63) is 109 Å². The van der Waals surface area contributed by atoms with Crippen molar-refractivity contribution < 1.29 is 28.6 Å². The predicted octanol–water partition coefficient (Wildman–Crippen LogP) is 18.3. The zero-order chi connectivity index (χ0) is 48.6. The van der Waals surface area contributed by atoms with Crippen LogP contribution in [0.1, 0.15) is 239 Å². The van der Waals surface area contributed by atoms with Crippen LogP contribution in [-0.4, -0.2) is 37.2 Å². The van der Waals surface area contributed by atoms with Crippen molar-refractivity contribution in [1.29, 1.82) is 0 Å². The van der Waals surface area contributed by atoms with Crippen LogP contribution >= 0.6 is 0 Å². The SMILES string of the molecule is CC/C=C\C/C=C\C/C=C\C/C=C\CCCCCCC(=O)OC[C@H](COC(=O)CCCCCCCCC/C=C\CCCCCC)OC(=O)CCC/C=C\C/C=C\C/C=C\C/C=C\CCCCC. The maximum Gasteiger partial charge on any atom is 0.306 e. The van der Waals surface area contributed by atoms with Crippen molar-refractivity contribution >= 4 is 17.9 Å². The molecule has 0 rings (SSSR count). The lowest BCUT2D eigenvalue weighted by molar-refractivity contribution is -0.167. The van der Waals surface area contributed by atoms with Crippen LogP contribution in [0.3, 0.4) is 0 Å². The average molecular weight is 929 g/mol. The minimum absolute atomic E-state index is 0.112. The van der Waals surface area contributed by atoms with Crippen LogP contribution in [0, 0.1) is 0 Å². The van der Waals surface area contributed by atoms with E-state index < -0.39 is 6.10 Å². The van der Waals surface area contributed by atoms with Crippen molar-refractivity contribution in [3.63, 3.8) is 0 Å². The lowest BCUT2D eigenvalue weighted by Gasteiger charge is -2.18. The summed E-state index contributed by atoms with van der Waals surface area (Å²) in [6.45, 7) is 6.41. The molecule has 0 N–H and O–H groups in total. The van der Waals surface area contributed by atoms with Crippen LogP contribution in [0.15, 0.2) is 109 Å². The Hall–Kier alpha value is -3.93. The molecule has 0 aromatic rings. The second-order valence-electron chi connectivity index (χ2n) is 17.7. The van der Waals surface area contributed by atoms with E-state index >= 15 is 0 Å². The Bertz CT molecular complexity index is 1390. The first-order valence-corrected chi connectivity index (χ1v) is 27.4. The third kappa shape index (κ3) is 52.9. The smallest absolute Gasteiger partial charge is 0.306 e. The molecule has 0 radical (unpaired) electrons. The van der Waals surface area contributed by atoms with E-state index in [-0.39, 0.29) is 37.5 Å². The van der Waals surface area contributed by atoms with Gasteiger partial charge in [0.05, 0.1) is 0 Å². The van der Waals surface area contributed by atoms with E-state index in [9.17, 15) is 14.4 Å².